The number of hydrogen-bond acceptors (Lipinski definition) is 3. The van der Waals surface area contributed by atoms with Gasteiger partial charge in [-0.3, -0.25) is 0 Å². The van der Waals surface area contributed by atoms with Crippen LogP contribution in [0.25, 0.3) is 32.6 Å². The molecule has 0 bridgehead atoms. The fraction of sp³-hybridized carbons (Fsp3) is 0.206. The lowest BCUT2D eigenvalue weighted by molar-refractivity contribution is 0.303. The summed E-state index contributed by atoms with van der Waals surface area (Å²) in [6.07, 6.45) is 2.00. The summed E-state index contributed by atoms with van der Waals surface area (Å²) >= 11 is 0. The first-order valence-electron chi connectivity index (χ1n) is 13.3. The number of para-hydroxylation sites is 2. The Morgan fingerprint density at radius 3 is 2.29 bits per heavy atom. The highest BCUT2D eigenvalue weighted by molar-refractivity contribution is 5.85. The molecule has 6 aromatic rings. The minimum atomic E-state index is 0.169. The van der Waals surface area contributed by atoms with Crippen molar-refractivity contribution in [3.8, 4) is 11.5 Å². The zero-order chi connectivity index (χ0) is 25.9. The van der Waals surface area contributed by atoms with E-state index >= 15 is 0 Å². The van der Waals surface area contributed by atoms with Crippen molar-refractivity contribution >= 4 is 32.6 Å². The molecule has 190 valence electrons. The highest BCUT2D eigenvalue weighted by Gasteiger charge is 2.18. The van der Waals surface area contributed by atoms with Crippen molar-refractivity contribution in [2.45, 2.75) is 32.2 Å². The average molecular weight is 501 g/mol. The van der Waals surface area contributed by atoms with Crippen LogP contribution in [0.15, 0.2) is 103 Å². The first kappa shape index (κ1) is 24.1. The molecule has 0 aliphatic rings. The molecule has 0 aliphatic carbocycles. The maximum Gasteiger partial charge on any atom is 0.119 e. The van der Waals surface area contributed by atoms with E-state index in [2.05, 4.69) is 109 Å². The van der Waals surface area contributed by atoms with Crippen LogP contribution in [0.4, 0.5) is 0 Å². The molecule has 0 saturated heterocycles. The van der Waals surface area contributed by atoms with Crippen molar-refractivity contribution in [3.63, 3.8) is 0 Å². The molecule has 38 heavy (non-hydrogen) atoms. The summed E-state index contributed by atoms with van der Waals surface area (Å²) in [5.41, 5.74) is 3.50. The number of hydrogen-bond donors (Lipinski definition) is 0. The summed E-state index contributed by atoms with van der Waals surface area (Å²) in [4.78, 5) is 5.08. The summed E-state index contributed by atoms with van der Waals surface area (Å²) in [5, 5.41) is 4.84. The second kappa shape index (κ2) is 10.6. The average Bonchev–Trinajstić information content (AvgIpc) is 3.34. The third-order valence-electron chi connectivity index (χ3n) is 7.41. The van der Waals surface area contributed by atoms with Gasteiger partial charge in [0.2, 0.25) is 0 Å². The molecular formula is C34H32N2O2. The third-order valence-corrected chi connectivity index (χ3v) is 7.41. The van der Waals surface area contributed by atoms with Gasteiger partial charge < -0.3 is 14.0 Å². The van der Waals surface area contributed by atoms with E-state index in [1.54, 1.807) is 7.11 Å². The minimum absolute atomic E-state index is 0.169. The molecule has 4 nitrogen and oxygen atoms in total. The number of aryl methyl sites for hydroxylation is 1. The quantitative estimate of drug-likeness (QED) is 0.187. The molecule has 1 aromatic heterocycles. The predicted octanol–water partition coefficient (Wildman–Crippen LogP) is 8.36. The Hall–Kier alpha value is -4.31. The molecule has 0 saturated carbocycles. The van der Waals surface area contributed by atoms with Crippen molar-refractivity contribution in [2.75, 3.05) is 13.7 Å². The molecule has 1 unspecified atom stereocenters. The van der Waals surface area contributed by atoms with Gasteiger partial charge in [0.1, 0.15) is 17.3 Å². The van der Waals surface area contributed by atoms with E-state index < -0.39 is 0 Å². The first-order chi connectivity index (χ1) is 18.7. The molecule has 0 spiro atoms. The van der Waals surface area contributed by atoms with Crippen LogP contribution in [-0.4, -0.2) is 23.3 Å². The van der Waals surface area contributed by atoms with E-state index in [1.807, 2.05) is 6.07 Å². The van der Waals surface area contributed by atoms with E-state index in [0.29, 0.717) is 6.61 Å². The van der Waals surface area contributed by atoms with Crippen LogP contribution >= 0.6 is 0 Å². The fourth-order valence-corrected chi connectivity index (χ4v) is 5.27. The normalized spacial score (nSPS) is 12.3. The lowest BCUT2D eigenvalue weighted by Gasteiger charge is -2.16. The number of fused-ring (bicyclic) bond motifs is 3. The van der Waals surface area contributed by atoms with E-state index in [-0.39, 0.29) is 5.92 Å². The molecule has 0 amide bonds. The van der Waals surface area contributed by atoms with Gasteiger partial charge in [-0.15, -0.1) is 0 Å². The molecule has 0 radical (unpaired) electrons. The van der Waals surface area contributed by atoms with Gasteiger partial charge in [0.25, 0.3) is 0 Å². The molecule has 0 N–H and O–H groups in total. The number of methoxy groups -OCH3 is 1. The number of nitrogens with zero attached hydrogens (tertiary/aromatic N) is 2. The monoisotopic (exact) mass is 500 g/mol. The number of benzene rings is 5. The maximum absolute atomic E-state index is 6.09. The number of rotatable bonds is 9. The van der Waals surface area contributed by atoms with E-state index in [0.717, 1.165) is 42.2 Å². The van der Waals surface area contributed by atoms with Crippen molar-refractivity contribution in [3.05, 3.63) is 115 Å². The van der Waals surface area contributed by atoms with Gasteiger partial charge in [0.15, 0.2) is 0 Å². The van der Waals surface area contributed by atoms with Crippen LogP contribution in [0, 0.1) is 0 Å². The molecular weight excluding hydrogens is 468 g/mol. The maximum atomic E-state index is 6.09. The first-order valence-corrected chi connectivity index (χ1v) is 13.3. The van der Waals surface area contributed by atoms with Gasteiger partial charge in [0.05, 0.1) is 24.8 Å². The van der Waals surface area contributed by atoms with E-state index in [4.69, 9.17) is 14.5 Å². The van der Waals surface area contributed by atoms with Crippen LogP contribution in [0.1, 0.15) is 37.1 Å². The molecule has 0 aliphatic heterocycles. The Kier molecular flexibility index (Phi) is 6.70. The molecule has 0 fully saturated rings. The van der Waals surface area contributed by atoms with Gasteiger partial charge in [-0.2, -0.15) is 0 Å². The highest BCUT2D eigenvalue weighted by Crippen LogP contribution is 2.31. The molecule has 1 atom stereocenters. The Morgan fingerprint density at radius 1 is 0.711 bits per heavy atom. The third kappa shape index (κ3) is 4.82. The second-order valence-electron chi connectivity index (χ2n) is 9.87. The van der Waals surface area contributed by atoms with Gasteiger partial charge in [-0.1, -0.05) is 73.7 Å². The number of unbranched alkanes of at least 4 members (excludes halogenated alkanes) is 1. The Labute approximate surface area is 223 Å². The molecule has 6 rings (SSSR count). The fourth-order valence-electron chi connectivity index (χ4n) is 5.27. The van der Waals surface area contributed by atoms with Gasteiger partial charge in [0, 0.05) is 12.5 Å². The zero-order valence-electron chi connectivity index (χ0n) is 21.9. The van der Waals surface area contributed by atoms with Crippen molar-refractivity contribution in [1.82, 2.24) is 9.55 Å². The van der Waals surface area contributed by atoms with Crippen LogP contribution in [0.3, 0.4) is 0 Å². The standard InChI is InChI=1S/C34H32N2O2/c1-24(26-13-14-29-22-30(37-2)17-16-28(29)21-26)34-35-32-11-5-6-12-33(32)36(34)19-7-8-20-38-31-18-15-25-9-3-4-10-27(25)23-31/h3-6,9-18,21-24H,7-8,19-20H2,1-2H3. The second-order valence-corrected chi connectivity index (χ2v) is 9.87. The summed E-state index contributed by atoms with van der Waals surface area (Å²) in [6, 6.07) is 36.0. The SMILES string of the molecule is COc1ccc2cc(C(C)c3nc4ccccc4n3CCCCOc3ccc4ccccc4c3)ccc2c1. The number of ether oxygens (including phenoxy) is 2. The minimum Gasteiger partial charge on any atom is -0.497 e. The summed E-state index contributed by atoms with van der Waals surface area (Å²) < 4.78 is 13.9. The number of imidazole rings is 1. The summed E-state index contributed by atoms with van der Waals surface area (Å²) in [6.45, 7) is 3.86. The van der Waals surface area contributed by atoms with Gasteiger partial charge in [-0.05, 0) is 76.3 Å². The van der Waals surface area contributed by atoms with Crippen LogP contribution in [0.2, 0.25) is 0 Å². The highest BCUT2D eigenvalue weighted by atomic mass is 16.5. The van der Waals surface area contributed by atoms with E-state index in [1.165, 1.54) is 32.6 Å². The van der Waals surface area contributed by atoms with Crippen LogP contribution < -0.4 is 9.47 Å². The Morgan fingerprint density at radius 2 is 1.39 bits per heavy atom. The largest absolute Gasteiger partial charge is 0.497 e. The Balaban J connectivity index is 1.18. The van der Waals surface area contributed by atoms with Crippen molar-refractivity contribution in [2.24, 2.45) is 0 Å². The van der Waals surface area contributed by atoms with Gasteiger partial charge >= 0.3 is 0 Å². The van der Waals surface area contributed by atoms with Gasteiger partial charge in [-0.25, -0.2) is 4.98 Å². The lowest BCUT2D eigenvalue weighted by Crippen LogP contribution is -2.09. The smallest absolute Gasteiger partial charge is 0.119 e. The number of aromatic nitrogens is 2. The zero-order valence-corrected chi connectivity index (χ0v) is 21.9. The van der Waals surface area contributed by atoms with E-state index in [9.17, 15) is 0 Å². The molecule has 5 aromatic carbocycles. The van der Waals surface area contributed by atoms with Crippen molar-refractivity contribution < 1.29 is 9.47 Å². The molecule has 4 heteroatoms. The van der Waals surface area contributed by atoms with Crippen LogP contribution in [-0.2, 0) is 6.54 Å². The summed E-state index contributed by atoms with van der Waals surface area (Å²) in [7, 11) is 1.71. The lowest BCUT2D eigenvalue weighted by atomic mass is 9.97. The van der Waals surface area contributed by atoms with Crippen LogP contribution in [0.5, 0.6) is 11.5 Å². The topological polar surface area (TPSA) is 36.3 Å². The molecule has 1 heterocycles. The Bertz CT molecular complexity index is 1720. The predicted molar refractivity (Wildman–Crippen MR) is 156 cm³/mol. The summed E-state index contributed by atoms with van der Waals surface area (Å²) in [5.74, 6) is 3.09. The van der Waals surface area contributed by atoms with Crippen molar-refractivity contribution in [1.29, 1.82) is 0 Å².